The van der Waals surface area contributed by atoms with E-state index in [0.29, 0.717) is 29.5 Å². The zero-order valence-corrected chi connectivity index (χ0v) is 16.1. The molecule has 0 radical (unpaired) electrons. The van der Waals surface area contributed by atoms with E-state index >= 15 is 0 Å². The lowest BCUT2D eigenvalue weighted by molar-refractivity contribution is 0.306. The Balaban J connectivity index is 1.56. The lowest BCUT2D eigenvalue weighted by Crippen LogP contribution is -2.00. The van der Waals surface area contributed by atoms with Gasteiger partial charge in [-0.3, -0.25) is 0 Å². The summed E-state index contributed by atoms with van der Waals surface area (Å²) in [6.07, 6.45) is 3.16. The Kier molecular flexibility index (Phi) is 4.38. The molecule has 0 unspecified atom stereocenters. The highest BCUT2D eigenvalue weighted by Crippen LogP contribution is 2.33. The molecular weight excluding hydrogens is 384 g/mol. The molecule has 5 rings (SSSR count). The largest absolute Gasteiger partial charge is 0.489 e. The third kappa shape index (κ3) is 3.30. The van der Waals surface area contributed by atoms with Crippen molar-refractivity contribution in [1.29, 1.82) is 0 Å². The van der Waals surface area contributed by atoms with Gasteiger partial charge in [-0.25, -0.2) is 19.5 Å². The number of nitrogens with zero attached hydrogens (tertiary/aromatic N) is 5. The van der Waals surface area contributed by atoms with Gasteiger partial charge in [0.25, 0.3) is 0 Å². The van der Waals surface area contributed by atoms with Crippen LogP contribution in [0.25, 0.3) is 27.6 Å². The first-order valence-electron chi connectivity index (χ1n) is 8.96. The monoisotopic (exact) mass is 400 g/mol. The van der Waals surface area contributed by atoms with Gasteiger partial charge < -0.3 is 10.5 Å². The first-order chi connectivity index (χ1) is 14.3. The van der Waals surface area contributed by atoms with Gasteiger partial charge in [-0.1, -0.05) is 42.5 Å². The standard InChI is InChI=1S/C21H16N6OS/c22-19-18-17(26-20(21-23-9-10-29-21)27(18)25-13-24-19)15-7-4-8-16(11-15)28-12-14-5-2-1-3-6-14/h1-11,13H,12H2,(H2,22,24,25). The zero-order chi connectivity index (χ0) is 19.6. The molecule has 0 saturated carbocycles. The van der Waals surface area contributed by atoms with E-state index in [9.17, 15) is 0 Å². The first kappa shape index (κ1) is 17.3. The number of fused-ring (bicyclic) bond motifs is 1. The third-order valence-electron chi connectivity index (χ3n) is 4.44. The second-order valence-electron chi connectivity index (χ2n) is 6.33. The van der Waals surface area contributed by atoms with Gasteiger partial charge in [0.05, 0.1) is 0 Å². The van der Waals surface area contributed by atoms with Gasteiger partial charge in [0, 0.05) is 17.1 Å². The summed E-state index contributed by atoms with van der Waals surface area (Å²) in [6.45, 7) is 0.490. The highest BCUT2D eigenvalue weighted by atomic mass is 32.1. The van der Waals surface area contributed by atoms with E-state index < -0.39 is 0 Å². The molecule has 0 amide bonds. The van der Waals surface area contributed by atoms with Crippen molar-refractivity contribution in [3.8, 4) is 27.8 Å². The van der Waals surface area contributed by atoms with Crippen molar-refractivity contribution in [3.63, 3.8) is 0 Å². The smallest absolute Gasteiger partial charge is 0.191 e. The Bertz CT molecular complexity index is 1270. The highest BCUT2D eigenvalue weighted by Gasteiger charge is 2.19. The molecule has 0 bridgehead atoms. The lowest BCUT2D eigenvalue weighted by atomic mass is 10.1. The van der Waals surface area contributed by atoms with Gasteiger partial charge >= 0.3 is 0 Å². The molecule has 0 saturated heterocycles. The summed E-state index contributed by atoms with van der Waals surface area (Å²) in [5, 5.41) is 7.01. The summed E-state index contributed by atoms with van der Waals surface area (Å²) < 4.78 is 7.66. The second-order valence-corrected chi connectivity index (χ2v) is 7.22. The molecule has 7 nitrogen and oxygen atoms in total. The van der Waals surface area contributed by atoms with E-state index in [2.05, 4.69) is 15.1 Å². The molecule has 2 N–H and O–H groups in total. The van der Waals surface area contributed by atoms with E-state index in [-0.39, 0.29) is 0 Å². The van der Waals surface area contributed by atoms with Crippen molar-refractivity contribution in [1.82, 2.24) is 24.6 Å². The molecule has 0 aliphatic carbocycles. The Labute approximate surface area is 170 Å². The Morgan fingerprint density at radius 2 is 1.93 bits per heavy atom. The molecule has 0 aliphatic rings. The van der Waals surface area contributed by atoms with Crippen LogP contribution in [0, 0.1) is 0 Å². The molecule has 3 heterocycles. The number of ether oxygens (including phenoxy) is 1. The van der Waals surface area contributed by atoms with Crippen LogP contribution in [0.5, 0.6) is 5.75 Å². The van der Waals surface area contributed by atoms with Gasteiger partial charge in [0.1, 0.15) is 29.9 Å². The van der Waals surface area contributed by atoms with Crippen molar-refractivity contribution in [2.24, 2.45) is 0 Å². The van der Waals surface area contributed by atoms with Crippen molar-refractivity contribution in [2.45, 2.75) is 6.61 Å². The van der Waals surface area contributed by atoms with E-state index in [4.69, 9.17) is 15.5 Å². The summed E-state index contributed by atoms with van der Waals surface area (Å²) in [7, 11) is 0. The summed E-state index contributed by atoms with van der Waals surface area (Å²) in [6, 6.07) is 17.8. The number of anilines is 1. The number of benzene rings is 2. The van der Waals surface area contributed by atoms with Crippen LogP contribution in [0.1, 0.15) is 5.56 Å². The average Bonchev–Trinajstić information content (AvgIpc) is 3.42. The summed E-state index contributed by atoms with van der Waals surface area (Å²) in [5.41, 5.74) is 9.50. The molecule has 3 aromatic heterocycles. The fourth-order valence-electron chi connectivity index (χ4n) is 3.10. The topological polar surface area (TPSA) is 91.2 Å². The molecular formula is C21H16N6OS. The molecule has 0 fully saturated rings. The highest BCUT2D eigenvalue weighted by molar-refractivity contribution is 7.13. The van der Waals surface area contributed by atoms with E-state index in [1.807, 2.05) is 60.0 Å². The van der Waals surface area contributed by atoms with Gasteiger partial charge in [-0.2, -0.15) is 5.10 Å². The zero-order valence-electron chi connectivity index (χ0n) is 15.3. The van der Waals surface area contributed by atoms with Gasteiger partial charge in [-0.05, 0) is 17.7 Å². The molecule has 5 aromatic rings. The van der Waals surface area contributed by atoms with Crippen molar-refractivity contribution in [3.05, 3.63) is 78.1 Å². The van der Waals surface area contributed by atoms with Crippen molar-refractivity contribution >= 4 is 22.7 Å². The molecule has 2 aromatic carbocycles. The minimum atomic E-state index is 0.362. The van der Waals surface area contributed by atoms with Crippen LogP contribution in [0.2, 0.25) is 0 Å². The van der Waals surface area contributed by atoms with Crippen LogP contribution in [0.4, 0.5) is 5.82 Å². The summed E-state index contributed by atoms with van der Waals surface area (Å²) in [4.78, 5) is 13.3. The fraction of sp³-hybridized carbons (Fsp3) is 0.0476. The number of rotatable bonds is 5. The number of imidazole rings is 1. The molecule has 0 atom stereocenters. The summed E-state index contributed by atoms with van der Waals surface area (Å²) >= 11 is 1.49. The van der Waals surface area contributed by atoms with Crippen LogP contribution in [0.15, 0.2) is 72.5 Å². The first-order valence-corrected chi connectivity index (χ1v) is 9.84. The van der Waals surface area contributed by atoms with Crippen molar-refractivity contribution < 1.29 is 4.74 Å². The molecule has 8 heteroatoms. The predicted octanol–water partition coefficient (Wildman–Crippen LogP) is 4.08. The van der Waals surface area contributed by atoms with Crippen LogP contribution in [-0.2, 0) is 6.61 Å². The van der Waals surface area contributed by atoms with Crippen LogP contribution in [-0.4, -0.2) is 24.6 Å². The molecule has 0 spiro atoms. The number of nitrogen functional groups attached to an aromatic ring is 1. The van der Waals surface area contributed by atoms with E-state index in [1.165, 1.54) is 17.7 Å². The number of aromatic nitrogens is 5. The quantitative estimate of drug-likeness (QED) is 0.478. The van der Waals surface area contributed by atoms with Crippen LogP contribution >= 0.6 is 11.3 Å². The van der Waals surface area contributed by atoms with E-state index in [1.54, 1.807) is 10.7 Å². The SMILES string of the molecule is Nc1ncnn2c(-c3nccs3)nc(-c3cccc(OCc4ccccc4)c3)c12. The maximum Gasteiger partial charge on any atom is 0.191 e. The Hall–Kier alpha value is -3.78. The predicted molar refractivity (Wildman–Crippen MR) is 113 cm³/mol. The van der Waals surface area contributed by atoms with E-state index in [0.717, 1.165) is 21.9 Å². The second kappa shape index (κ2) is 7.33. The lowest BCUT2D eigenvalue weighted by Gasteiger charge is -2.08. The third-order valence-corrected chi connectivity index (χ3v) is 5.21. The van der Waals surface area contributed by atoms with Gasteiger partial charge in [0.2, 0.25) is 0 Å². The van der Waals surface area contributed by atoms with Crippen LogP contribution in [0.3, 0.4) is 0 Å². The maximum atomic E-state index is 6.17. The normalized spacial score (nSPS) is 11.0. The van der Waals surface area contributed by atoms with Crippen molar-refractivity contribution in [2.75, 3.05) is 5.73 Å². The van der Waals surface area contributed by atoms with Crippen LogP contribution < -0.4 is 10.5 Å². The Morgan fingerprint density at radius 1 is 1.03 bits per heavy atom. The van der Waals surface area contributed by atoms with Gasteiger partial charge in [-0.15, -0.1) is 11.3 Å². The molecule has 0 aliphatic heterocycles. The molecule has 29 heavy (non-hydrogen) atoms. The minimum absolute atomic E-state index is 0.362. The average molecular weight is 400 g/mol. The number of nitrogens with two attached hydrogens (primary N) is 1. The molecule has 142 valence electrons. The number of thiazole rings is 1. The number of hydrogen-bond donors (Lipinski definition) is 1. The minimum Gasteiger partial charge on any atom is -0.489 e. The van der Waals surface area contributed by atoms with Gasteiger partial charge in [0.15, 0.2) is 16.6 Å². The summed E-state index contributed by atoms with van der Waals surface area (Å²) in [5.74, 6) is 1.74. The number of hydrogen-bond acceptors (Lipinski definition) is 7. The maximum absolute atomic E-state index is 6.17. The Morgan fingerprint density at radius 3 is 2.76 bits per heavy atom. The fourth-order valence-corrected chi connectivity index (χ4v) is 3.71.